The van der Waals surface area contributed by atoms with Crippen LogP contribution in [0.4, 0.5) is 0 Å². The van der Waals surface area contributed by atoms with Gasteiger partial charge in [-0.05, 0) is 35.9 Å². The zero-order valence-corrected chi connectivity index (χ0v) is 19.4. The lowest BCUT2D eigenvalue weighted by Crippen LogP contribution is -2.43. The van der Waals surface area contributed by atoms with Crippen LogP contribution >= 0.6 is 23.2 Å². The van der Waals surface area contributed by atoms with Gasteiger partial charge in [-0.3, -0.25) is 4.90 Å². The molecule has 7 nitrogen and oxygen atoms in total. The zero-order valence-electron chi connectivity index (χ0n) is 16.2. The number of rotatable bonds is 7. The molecule has 0 aromatic heterocycles. The fraction of sp³-hybridized carbons (Fsp3) is 0.368. The van der Waals surface area contributed by atoms with Crippen LogP contribution in [0.3, 0.4) is 0 Å². The second-order valence-electron chi connectivity index (χ2n) is 6.94. The summed E-state index contributed by atoms with van der Waals surface area (Å²) in [4.78, 5) is 1.72. The van der Waals surface area contributed by atoms with Crippen molar-refractivity contribution in [3.05, 3.63) is 58.1 Å². The average molecular weight is 493 g/mol. The Morgan fingerprint density at radius 2 is 1.77 bits per heavy atom. The molecule has 11 heteroatoms. The Hall–Kier alpha value is -1.20. The maximum absolute atomic E-state index is 13.0. The van der Waals surface area contributed by atoms with Crippen LogP contribution in [0.2, 0.25) is 10.0 Å². The van der Waals surface area contributed by atoms with Gasteiger partial charge in [0, 0.05) is 37.0 Å². The van der Waals surface area contributed by atoms with Crippen molar-refractivity contribution in [1.29, 1.82) is 0 Å². The third kappa shape index (κ3) is 5.73. The molecule has 1 saturated heterocycles. The van der Waals surface area contributed by atoms with Gasteiger partial charge in [0.15, 0.2) is 9.84 Å². The lowest BCUT2D eigenvalue weighted by molar-refractivity contribution is 0.0172. The Bertz CT molecular complexity index is 1120. The summed E-state index contributed by atoms with van der Waals surface area (Å²) in [5.41, 5.74) is 0.864. The Morgan fingerprint density at radius 3 is 2.40 bits per heavy atom. The van der Waals surface area contributed by atoms with Crippen LogP contribution in [0, 0.1) is 0 Å². The number of benzene rings is 2. The first-order valence-corrected chi connectivity index (χ1v) is 13.3. The van der Waals surface area contributed by atoms with E-state index >= 15 is 0 Å². The number of nitrogens with one attached hydrogen (secondary N) is 1. The van der Waals surface area contributed by atoms with E-state index in [1.165, 1.54) is 12.1 Å². The molecule has 0 saturated carbocycles. The van der Waals surface area contributed by atoms with Gasteiger partial charge in [-0.25, -0.2) is 21.6 Å². The van der Waals surface area contributed by atoms with E-state index in [-0.39, 0.29) is 27.4 Å². The van der Waals surface area contributed by atoms with Gasteiger partial charge in [0.2, 0.25) is 10.0 Å². The highest BCUT2D eigenvalue weighted by molar-refractivity contribution is 7.91. The van der Waals surface area contributed by atoms with Gasteiger partial charge in [0.1, 0.15) is 4.90 Å². The molecule has 0 spiro atoms. The van der Waals surface area contributed by atoms with Crippen molar-refractivity contribution in [2.75, 3.05) is 39.1 Å². The zero-order chi connectivity index (χ0) is 21.9. The van der Waals surface area contributed by atoms with E-state index in [1.54, 1.807) is 12.1 Å². The molecule has 1 atom stereocenters. The minimum Gasteiger partial charge on any atom is -0.379 e. The third-order valence-corrected chi connectivity index (χ3v) is 8.06. The molecule has 1 N–H and O–H groups in total. The largest absolute Gasteiger partial charge is 0.379 e. The second-order valence-corrected chi connectivity index (χ2v) is 11.5. The summed E-state index contributed by atoms with van der Waals surface area (Å²) in [6.07, 6.45) is 1.01. The lowest BCUT2D eigenvalue weighted by Gasteiger charge is -2.35. The summed E-state index contributed by atoms with van der Waals surface area (Å²) in [6.45, 7) is 2.44. The van der Waals surface area contributed by atoms with Crippen LogP contribution in [0.25, 0.3) is 0 Å². The van der Waals surface area contributed by atoms with E-state index < -0.39 is 19.9 Å². The molecule has 1 aliphatic rings. The van der Waals surface area contributed by atoms with Crippen molar-refractivity contribution < 1.29 is 21.6 Å². The molecule has 0 amide bonds. The van der Waals surface area contributed by atoms with E-state index in [0.717, 1.165) is 17.9 Å². The fourth-order valence-corrected chi connectivity index (χ4v) is 5.73. The Balaban J connectivity index is 1.89. The summed E-state index contributed by atoms with van der Waals surface area (Å²) in [5.74, 6) is 0. The van der Waals surface area contributed by atoms with Gasteiger partial charge in [0.25, 0.3) is 0 Å². The maximum atomic E-state index is 13.0. The molecular weight excluding hydrogens is 471 g/mol. The SMILES string of the molecule is CS(=O)(=O)c1ccc(Cl)c(S(=O)(=O)NCC(c2cccc(Cl)c2)N2CCOCC2)c1. The Morgan fingerprint density at radius 1 is 1.07 bits per heavy atom. The maximum Gasteiger partial charge on any atom is 0.242 e. The molecule has 2 aromatic carbocycles. The van der Waals surface area contributed by atoms with Gasteiger partial charge in [0.05, 0.1) is 23.1 Å². The van der Waals surface area contributed by atoms with E-state index in [2.05, 4.69) is 9.62 Å². The molecule has 1 unspecified atom stereocenters. The molecule has 0 aliphatic carbocycles. The number of morpholine rings is 1. The molecule has 3 rings (SSSR count). The summed E-state index contributed by atoms with van der Waals surface area (Å²) in [6, 6.07) is 10.6. The van der Waals surface area contributed by atoms with Crippen molar-refractivity contribution in [2.45, 2.75) is 15.8 Å². The number of nitrogens with zero attached hydrogens (tertiary/aromatic N) is 1. The smallest absolute Gasteiger partial charge is 0.242 e. The van der Waals surface area contributed by atoms with Crippen LogP contribution in [0.5, 0.6) is 0 Å². The summed E-state index contributed by atoms with van der Waals surface area (Å²) in [5, 5.41) is 0.498. The second kappa shape index (κ2) is 9.52. The van der Waals surface area contributed by atoms with Crippen molar-refractivity contribution in [1.82, 2.24) is 9.62 Å². The van der Waals surface area contributed by atoms with Gasteiger partial charge >= 0.3 is 0 Å². The number of hydrogen-bond acceptors (Lipinski definition) is 6. The van der Waals surface area contributed by atoms with Gasteiger partial charge in [-0.1, -0.05) is 35.3 Å². The monoisotopic (exact) mass is 492 g/mol. The average Bonchev–Trinajstić information content (AvgIpc) is 2.68. The molecule has 2 aromatic rings. The fourth-order valence-electron chi connectivity index (χ4n) is 3.25. The van der Waals surface area contributed by atoms with E-state index in [9.17, 15) is 16.8 Å². The summed E-state index contributed by atoms with van der Waals surface area (Å²) >= 11 is 12.2. The van der Waals surface area contributed by atoms with Gasteiger partial charge in [-0.2, -0.15) is 0 Å². The molecule has 30 heavy (non-hydrogen) atoms. The molecule has 0 radical (unpaired) electrons. The Kier molecular flexibility index (Phi) is 7.44. The first-order chi connectivity index (χ1) is 14.1. The van der Waals surface area contributed by atoms with Crippen molar-refractivity contribution in [3.8, 4) is 0 Å². The predicted molar refractivity (Wildman–Crippen MR) is 116 cm³/mol. The van der Waals surface area contributed by atoms with Crippen LogP contribution in [0.15, 0.2) is 52.3 Å². The summed E-state index contributed by atoms with van der Waals surface area (Å²) in [7, 11) is -7.65. The lowest BCUT2D eigenvalue weighted by atomic mass is 10.1. The number of halogens is 2. The Labute approximate surface area is 186 Å². The van der Waals surface area contributed by atoms with Crippen molar-refractivity contribution in [2.24, 2.45) is 0 Å². The minimum absolute atomic E-state index is 0.0550. The standard InChI is InChI=1S/C19H22Cl2N2O5S2/c1-29(24,25)16-5-6-17(21)19(12-16)30(26,27)22-13-18(23-7-9-28-10-8-23)14-3-2-4-15(20)11-14/h2-6,11-12,18,22H,7-10,13H2,1H3. The molecule has 1 heterocycles. The normalized spacial score (nSPS) is 17.0. The molecular formula is C19H22Cl2N2O5S2. The van der Waals surface area contributed by atoms with Crippen molar-refractivity contribution >= 4 is 43.1 Å². The van der Waals surface area contributed by atoms with Crippen LogP contribution < -0.4 is 4.72 Å². The molecule has 1 fully saturated rings. The molecule has 1 aliphatic heterocycles. The number of hydrogen-bond donors (Lipinski definition) is 1. The first-order valence-electron chi connectivity index (χ1n) is 9.14. The van der Waals surface area contributed by atoms with Crippen LogP contribution in [-0.2, 0) is 24.6 Å². The highest BCUT2D eigenvalue weighted by Gasteiger charge is 2.27. The van der Waals surface area contributed by atoms with E-state index in [0.29, 0.717) is 31.3 Å². The number of sulfonamides is 1. The van der Waals surface area contributed by atoms with Crippen molar-refractivity contribution in [3.63, 3.8) is 0 Å². The minimum atomic E-state index is -4.06. The molecule has 164 valence electrons. The van der Waals surface area contributed by atoms with E-state index in [4.69, 9.17) is 27.9 Å². The van der Waals surface area contributed by atoms with E-state index in [1.807, 2.05) is 12.1 Å². The topological polar surface area (TPSA) is 92.8 Å². The van der Waals surface area contributed by atoms with Crippen LogP contribution in [0.1, 0.15) is 11.6 Å². The molecule has 0 bridgehead atoms. The van der Waals surface area contributed by atoms with Gasteiger partial charge in [-0.15, -0.1) is 0 Å². The van der Waals surface area contributed by atoms with Gasteiger partial charge < -0.3 is 4.74 Å². The quantitative estimate of drug-likeness (QED) is 0.638. The summed E-state index contributed by atoms with van der Waals surface area (Å²) < 4.78 is 57.5. The predicted octanol–water partition coefficient (Wildman–Crippen LogP) is 2.75. The number of sulfone groups is 1. The highest BCUT2D eigenvalue weighted by atomic mass is 35.5. The highest BCUT2D eigenvalue weighted by Crippen LogP contribution is 2.27. The van der Waals surface area contributed by atoms with Crippen LogP contribution in [-0.4, -0.2) is 60.8 Å². The third-order valence-electron chi connectivity index (χ3n) is 4.81. The first kappa shape index (κ1) is 23.5. The number of ether oxygens (including phenoxy) is 1.